The third-order valence-electron chi connectivity index (χ3n) is 2.93. The number of likely N-dealkylation sites (N-methyl/N-ethyl adjacent to an activating group) is 2. The first-order valence-corrected chi connectivity index (χ1v) is 6.16. The Hall–Kier alpha value is -2.45. The molecule has 0 saturated carbocycles. The van der Waals surface area contributed by atoms with Crippen LogP contribution in [0.3, 0.4) is 0 Å². The molecule has 0 aromatic carbocycles. The van der Waals surface area contributed by atoms with Gasteiger partial charge in [0.15, 0.2) is 0 Å². The van der Waals surface area contributed by atoms with Gasteiger partial charge in [-0.2, -0.15) is 0 Å². The van der Waals surface area contributed by atoms with E-state index in [1.165, 1.54) is 14.1 Å². The first kappa shape index (κ1) is 18.6. The molecule has 1 atom stereocenters. The van der Waals surface area contributed by atoms with E-state index in [0.29, 0.717) is 19.1 Å². The Morgan fingerprint density at radius 3 is 1.95 bits per heavy atom. The lowest BCUT2D eigenvalue weighted by molar-refractivity contribution is -0.156. The standard InChI is InChI=1S/C12H18N2O7/c1-13(9(16)11(18)19)6-4-3-5-8(7-15)14(2)10(17)12(20)21/h7-8H,3-6H2,1-2H3,(H,18,19)(H,20,21). The van der Waals surface area contributed by atoms with Gasteiger partial charge in [-0.1, -0.05) is 0 Å². The molecule has 0 aliphatic heterocycles. The van der Waals surface area contributed by atoms with Crippen LogP contribution in [0.5, 0.6) is 0 Å². The molecule has 0 rings (SSSR count). The predicted molar refractivity (Wildman–Crippen MR) is 69.4 cm³/mol. The van der Waals surface area contributed by atoms with Crippen molar-refractivity contribution in [3.8, 4) is 0 Å². The zero-order chi connectivity index (χ0) is 16.6. The molecule has 118 valence electrons. The van der Waals surface area contributed by atoms with Crippen molar-refractivity contribution in [1.82, 2.24) is 9.80 Å². The maximum absolute atomic E-state index is 11.2. The molecular formula is C12H18N2O7. The molecule has 0 aliphatic rings. The van der Waals surface area contributed by atoms with Crippen LogP contribution in [0.4, 0.5) is 0 Å². The molecule has 0 spiro atoms. The van der Waals surface area contributed by atoms with Crippen LogP contribution in [-0.4, -0.2) is 76.7 Å². The molecule has 2 N–H and O–H groups in total. The average molecular weight is 302 g/mol. The number of nitrogens with zero attached hydrogens (tertiary/aromatic N) is 2. The highest BCUT2D eigenvalue weighted by Crippen LogP contribution is 2.07. The number of unbranched alkanes of at least 4 members (excludes halogenated alkanes) is 1. The largest absolute Gasteiger partial charge is 0.474 e. The molecule has 0 saturated heterocycles. The van der Waals surface area contributed by atoms with Gasteiger partial charge in [0.1, 0.15) is 6.29 Å². The summed E-state index contributed by atoms with van der Waals surface area (Å²) in [6.07, 6.45) is 1.56. The van der Waals surface area contributed by atoms with Gasteiger partial charge in [0.25, 0.3) is 0 Å². The van der Waals surface area contributed by atoms with E-state index in [9.17, 15) is 24.0 Å². The number of rotatable bonds is 7. The maximum Gasteiger partial charge on any atom is 0.394 e. The number of carboxylic acid groups (broad SMARTS) is 2. The summed E-state index contributed by atoms with van der Waals surface area (Å²) in [4.78, 5) is 55.9. The Balaban J connectivity index is 4.22. The van der Waals surface area contributed by atoms with E-state index in [0.717, 1.165) is 9.80 Å². The molecule has 0 aliphatic carbocycles. The van der Waals surface area contributed by atoms with Crippen LogP contribution < -0.4 is 0 Å². The Morgan fingerprint density at radius 2 is 1.52 bits per heavy atom. The number of amides is 2. The summed E-state index contributed by atoms with van der Waals surface area (Å²) in [6, 6.07) is -0.867. The molecular weight excluding hydrogens is 284 g/mol. The smallest absolute Gasteiger partial charge is 0.394 e. The SMILES string of the molecule is CN(CCCCC(C=O)N(C)C(=O)C(=O)O)C(=O)C(=O)O. The van der Waals surface area contributed by atoms with Gasteiger partial charge in [0.2, 0.25) is 0 Å². The van der Waals surface area contributed by atoms with Crippen molar-refractivity contribution in [2.24, 2.45) is 0 Å². The number of aldehydes is 1. The lowest BCUT2D eigenvalue weighted by Crippen LogP contribution is -2.42. The van der Waals surface area contributed by atoms with Gasteiger partial charge in [0.05, 0.1) is 6.04 Å². The molecule has 0 heterocycles. The quantitative estimate of drug-likeness (QED) is 0.343. The van der Waals surface area contributed by atoms with Crippen molar-refractivity contribution in [3.63, 3.8) is 0 Å². The van der Waals surface area contributed by atoms with Gasteiger partial charge in [-0.15, -0.1) is 0 Å². The van der Waals surface area contributed by atoms with E-state index in [4.69, 9.17) is 10.2 Å². The second-order valence-electron chi connectivity index (χ2n) is 4.45. The van der Waals surface area contributed by atoms with Crippen molar-refractivity contribution < 1.29 is 34.2 Å². The summed E-state index contributed by atoms with van der Waals surface area (Å²) in [5.74, 6) is -5.39. The molecule has 0 bridgehead atoms. The molecule has 0 radical (unpaired) electrons. The van der Waals surface area contributed by atoms with Crippen LogP contribution in [0.2, 0.25) is 0 Å². The second-order valence-corrected chi connectivity index (χ2v) is 4.45. The highest BCUT2D eigenvalue weighted by Gasteiger charge is 2.24. The Morgan fingerprint density at radius 1 is 1.00 bits per heavy atom. The number of aliphatic carboxylic acids is 2. The molecule has 0 fully saturated rings. The predicted octanol–water partition coefficient (Wildman–Crippen LogP) is -1.19. The molecule has 9 heteroatoms. The van der Waals surface area contributed by atoms with Gasteiger partial charge >= 0.3 is 23.8 Å². The van der Waals surface area contributed by atoms with Gasteiger partial charge in [-0.05, 0) is 19.3 Å². The fraction of sp³-hybridized carbons (Fsp3) is 0.583. The zero-order valence-electron chi connectivity index (χ0n) is 11.8. The van der Waals surface area contributed by atoms with Gasteiger partial charge in [0, 0.05) is 20.6 Å². The highest BCUT2D eigenvalue weighted by atomic mass is 16.4. The van der Waals surface area contributed by atoms with Crippen LogP contribution in [0.15, 0.2) is 0 Å². The molecule has 0 aromatic rings. The number of carbonyl (C=O) groups excluding carboxylic acids is 3. The molecule has 9 nitrogen and oxygen atoms in total. The summed E-state index contributed by atoms with van der Waals surface area (Å²) < 4.78 is 0. The minimum absolute atomic E-state index is 0.188. The van der Waals surface area contributed by atoms with Crippen LogP contribution in [0.1, 0.15) is 19.3 Å². The van der Waals surface area contributed by atoms with Crippen molar-refractivity contribution in [1.29, 1.82) is 0 Å². The average Bonchev–Trinajstić information content (AvgIpc) is 2.44. The third-order valence-corrected chi connectivity index (χ3v) is 2.93. The lowest BCUT2D eigenvalue weighted by atomic mass is 10.1. The molecule has 1 unspecified atom stereocenters. The van der Waals surface area contributed by atoms with Crippen molar-refractivity contribution in [2.45, 2.75) is 25.3 Å². The third kappa shape index (κ3) is 6.02. The number of hydrogen-bond acceptors (Lipinski definition) is 5. The van der Waals surface area contributed by atoms with E-state index in [1.807, 2.05) is 0 Å². The topological polar surface area (TPSA) is 132 Å². The summed E-state index contributed by atoms with van der Waals surface area (Å²) in [7, 11) is 2.56. The van der Waals surface area contributed by atoms with Crippen molar-refractivity contribution >= 4 is 30.0 Å². The molecule has 2 amide bonds. The monoisotopic (exact) mass is 302 g/mol. The van der Waals surface area contributed by atoms with E-state index < -0.39 is 29.8 Å². The van der Waals surface area contributed by atoms with Crippen LogP contribution in [0, 0.1) is 0 Å². The van der Waals surface area contributed by atoms with E-state index in [-0.39, 0.29) is 13.0 Å². The first-order valence-electron chi connectivity index (χ1n) is 6.16. The minimum atomic E-state index is -1.64. The Labute approximate surface area is 121 Å². The summed E-state index contributed by atoms with van der Waals surface area (Å²) >= 11 is 0. The normalized spacial score (nSPS) is 11.3. The van der Waals surface area contributed by atoms with E-state index >= 15 is 0 Å². The van der Waals surface area contributed by atoms with Crippen molar-refractivity contribution in [3.05, 3.63) is 0 Å². The van der Waals surface area contributed by atoms with E-state index in [1.54, 1.807) is 0 Å². The number of hydrogen-bond donors (Lipinski definition) is 2. The summed E-state index contributed by atoms with van der Waals surface area (Å²) in [6.45, 7) is 0.188. The number of carboxylic acids is 2. The van der Waals surface area contributed by atoms with Crippen LogP contribution in [0.25, 0.3) is 0 Å². The lowest BCUT2D eigenvalue weighted by Gasteiger charge is -2.22. The van der Waals surface area contributed by atoms with Gasteiger partial charge in [-0.25, -0.2) is 9.59 Å². The van der Waals surface area contributed by atoms with E-state index in [2.05, 4.69) is 0 Å². The number of carbonyl (C=O) groups is 5. The van der Waals surface area contributed by atoms with Crippen LogP contribution >= 0.6 is 0 Å². The highest BCUT2D eigenvalue weighted by molar-refractivity contribution is 6.31. The second kappa shape index (κ2) is 8.67. The van der Waals surface area contributed by atoms with Crippen LogP contribution in [-0.2, 0) is 24.0 Å². The fourth-order valence-electron chi connectivity index (χ4n) is 1.62. The fourth-order valence-corrected chi connectivity index (χ4v) is 1.62. The summed E-state index contributed by atoms with van der Waals surface area (Å²) in [5.41, 5.74) is 0. The summed E-state index contributed by atoms with van der Waals surface area (Å²) in [5, 5.41) is 17.0. The van der Waals surface area contributed by atoms with Crippen molar-refractivity contribution in [2.75, 3.05) is 20.6 Å². The van der Waals surface area contributed by atoms with Gasteiger partial charge in [-0.3, -0.25) is 9.59 Å². The Bertz CT molecular complexity index is 435. The Kier molecular flexibility index (Phi) is 7.66. The maximum atomic E-state index is 11.2. The first-order chi connectivity index (χ1) is 9.72. The zero-order valence-corrected chi connectivity index (χ0v) is 11.8. The molecule has 0 aromatic heterocycles. The van der Waals surface area contributed by atoms with Gasteiger partial charge < -0.3 is 24.8 Å². The minimum Gasteiger partial charge on any atom is -0.474 e. The molecule has 21 heavy (non-hydrogen) atoms.